The molecule has 1 amide bonds. The van der Waals surface area contributed by atoms with Gasteiger partial charge in [0, 0.05) is 22.9 Å². The Hall–Kier alpha value is -3.33. The van der Waals surface area contributed by atoms with Gasteiger partial charge in [-0.05, 0) is 31.2 Å². The van der Waals surface area contributed by atoms with Crippen molar-refractivity contribution in [3.63, 3.8) is 0 Å². The van der Waals surface area contributed by atoms with E-state index in [1.807, 2.05) is 0 Å². The molecule has 0 fully saturated rings. The number of carbonyl (C=O) groups is 1. The molecule has 1 aliphatic heterocycles. The number of halogens is 1. The van der Waals surface area contributed by atoms with Crippen molar-refractivity contribution in [2.45, 2.75) is 24.1 Å². The lowest BCUT2D eigenvalue weighted by Gasteiger charge is -2.29. The third-order valence-corrected chi connectivity index (χ3v) is 7.45. The van der Waals surface area contributed by atoms with Crippen molar-refractivity contribution in [1.29, 1.82) is 0 Å². The van der Waals surface area contributed by atoms with Gasteiger partial charge in [-0.25, -0.2) is 18.4 Å². The number of fused-ring (bicyclic) bond motifs is 2. The summed E-state index contributed by atoms with van der Waals surface area (Å²) in [7, 11) is -3.60. The Morgan fingerprint density at radius 2 is 1.65 bits per heavy atom. The molecule has 5 rings (SSSR count). The molecule has 0 aliphatic carbocycles. The number of benzene rings is 3. The highest BCUT2D eigenvalue weighted by Crippen LogP contribution is 2.41. The Bertz CT molecular complexity index is 1570. The van der Waals surface area contributed by atoms with Crippen LogP contribution in [0.1, 0.15) is 40.8 Å². The molecule has 3 aromatic carbocycles. The minimum atomic E-state index is -3.60. The number of amides is 1. The molecule has 7 nitrogen and oxygen atoms in total. The highest BCUT2D eigenvalue weighted by atomic mass is 35.5. The predicted molar refractivity (Wildman–Crippen MR) is 129 cm³/mol. The van der Waals surface area contributed by atoms with Gasteiger partial charge >= 0.3 is 0 Å². The van der Waals surface area contributed by atoms with Gasteiger partial charge in [0.2, 0.25) is 0 Å². The van der Waals surface area contributed by atoms with E-state index in [9.17, 15) is 18.3 Å². The van der Waals surface area contributed by atoms with Crippen LogP contribution in [0.5, 0.6) is 0 Å². The monoisotopic (exact) mass is 493 g/mol. The van der Waals surface area contributed by atoms with Crippen LogP contribution in [0.4, 0.5) is 0 Å². The fourth-order valence-electron chi connectivity index (χ4n) is 4.37. The molecule has 1 N–H and O–H groups in total. The molecule has 34 heavy (non-hydrogen) atoms. The minimum absolute atomic E-state index is 0.0840. The van der Waals surface area contributed by atoms with Crippen molar-refractivity contribution in [2.75, 3.05) is 6.26 Å². The molecule has 0 saturated heterocycles. The number of para-hydroxylation sites is 1. The maximum Gasteiger partial charge on any atom is 0.257 e. The van der Waals surface area contributed by atoms with Gasteiger partial charge in [-0.3, -0.25) is 4.79 Å². The van der Waals surface area contributed by atoms with E-state index in [0.717, 1.165) is 6.26 Å². The van der Waals surface area contributed by atoms with Crippen LogP contribution < -0.4 is 0 Å². The van der Waals surface area contributed by atoms with E-state index in [1.54, 1.807) is 67.6 Å². The van der Waals surface area contributed by atoms with Crippen LogP contribution in [-0.4, -0.2) is 40.6 Å². The van der Waals surface area contributed by atoms with Crippen molar-refractivity contribution in [3.05, 3.63) is 88.6 Å². The van der Waals surface area contributed by atoms with Crippen LogP contribution in [0.2, 0.25) is 5.02 Å². The molecule has 2 atom stereocenters. The molecule has 0 bridgehead atoms. The fraction of sp³-hybridized carbons (Fsp3) is 0.160. The number of aromatic nitrogens is 2. The summed E-state index contributed by atoms with van der Waals surface area (Å²) in [5.41, 5.74) is 2.81. The number of nitrogens with zero attached hydrogens (tertiary/aromatic N) is 3. The van der Waals surface area contributed by atoms with Crippen LogP contribution in [0.15, 0.2) is 71.6 Å². The first kappa shape index (κ1) is 22.5. The van der Waals surface area contributed by atoms with E-state index in [-0.39, 0.29) is 16.5 Å². The quantitative estimate of drug-likeness (QED) is 0.447. The van der Waals surface area contributed by atoms with Crippen molar-refractivity contribution < 1.29 is 18.3 Å². The second-order valence-corrected chi connectivity index (χ2v) is 10.6. The summed E-state index contributed by atoms with van der Waals surface area (Å²) in [6.07, 6.45) is -0.0469. The maximum absolute atomic E-state index is 13.2. The van der Waals surface area contributed by atoms with E-state index in [0.29, 0.717) is 38.4 Å². The lowest BCUT2D eigenvalue weighted by Crippen LogP contribution is -2.32. The molecule has 1 aliphatic rings. The van der Waals surface area contributed by atoms with Crippen molar-refractivity contribution in [1.82, 2.24) is 14.9 Å². The summed E-state index contributed by atoms with van der Waals surface area (Å²) in [5, 5.41) is 11.4. The maximum atomic E-state index is 13.2. The average molecular weight is 494 g/mol. The zero-order chi connectivity index (χ0) is 24.2. The van der Waals surface area contributed by atoms with E-state index in [2.05, 4.69) is 0 Å². The van der Waals surface area contributed by atoms with Crippen LogP contribution in [0, 0.1) is 0 Å². The summed E-state index contributed by atoms with van der Waals surface area (Å²) in [4.78, 5) is 24.1. The lowest BCUT2D eigenvalue weighted by atomic mass is 10.0. The summed E-state index contributed by atoms with van der Waals surface area (Å²) in [5.74, 6) is -0.342. The molecule has 2 heterocycles. The summed E-state index contributed by atoms with van der Waals surface area (Å²) in [6.45, 7) is 1.74. The SMILES string of the molecule is C[C@@H](c1nc2cccc(Cl)c2nc1-c1ccccc1S(C)(=O)=O)N1C(=O)c2ccccc2C1O. The molecule has 0 radical (unpaired) electrons. The molecule has 9 heteroatoms. The third kappa shape index (κ3) is 3.55. The number of hydrogen-bond acceptors (Lipinski definition) is 6. The van der Waals surface area contributed by atoms with E-state index < -0.39 is 22.1 Å². The molecular formula is C25H20ClN3O4S. The summed E-state index contributed by atoms with van der Waals surface area (Å²) < 4.78 is 25.1. The van der Waals surface area contributed by atoms with Gasteiger partial charge in [-0.2, -0.15) is 0 Å². The van der Waals surface area contributed by atoms with Gasteiger partial charge in [-0.1, -0.05) is 54.1 Å². The Labute approximate surface area is 201 Å². The number of carbonyl (C=O) groups excluding carboxylic acids is 1. The first-order chi connectivity index (χ1) is 16.2. The zero-order valence-electron chi connectivity index (χ0n) is 18.3. The number of sulfone groups is 1. The lowest BCUT2D eigenvalue weighted by molar-refractivity contribution is -0.000986. The Balaban J connectivity index is 1.76. The molecule has 172 valence electrons. The second-order valence-electron chi connectivity index (χ2n) is 8.18. The smallest absolute Gasteiger partial charge is 0.257 e. The largest absolute Gasteiger partial charge is 0.369 e. The zero-order valence-corrected chi connectivity index (χ0v) is 19.9. The topological polar surface area (TPSA) is 100 Å². The number of aliphatic hydroxyl groups excluding tert-OH is 1. The van der Waals surface area contributed by atoms with Gasteiger partial charge in [-0.15, -0.1) is 0 Å². The van der Waals surface area contributed by atoms with Crippen LogP contribution in [0.25, 0.3) is 22.3 Å². The minimum Gasteiger partial charge on any atom is -0.369 e. The van der Waals surface area contributed by atoms with Gasteiger partial charge in [0.15, 0.2) is 16.1 Å². The highest BCUT2D eigenvalue weighted by Gasteiger charge is 2.40. The standard InChI is InChI=1S/C25H20ClN3O4S/c1-14(29-24(30)15-8-3-4-9-16(15)25(29)31)21-22(17-10-5-6-13-20(17)34(2,32)33)28-23-18(26)11-7-12-19(23)27-21/h3-14,24,30H,1-2H3/t14-,24?/m0/s1. The highest BCUT2D eigenvalue weighted by molar-refractivity contribution is 7.90. The van der Waals surface area contributed by atoms with Crippen molar-refractivity contribution >= 4 is 38.4 Å². The van der Waals surface area contributed by atoms with E-state index >= 15 is 0 Å². The number of hydrogen-bond donors (Lipinski definition) is 1. The van der Waals surface area contributed by atoms with E-state index in [4.69, 9.17) is 21.6 Å². The molecular weight excluding hydrogens is 474 g/mol. The molecule has 0 saturated carbocycles. The average Bonchev–Trinajstić information content (AvgIpc) is 3.08. The van der Waals surface area contributed by atoms with Gasteiger partial charge in [0.25, 0.3) is 5.91 Å². The molecule has 4 aromatic rings. The van der Waals surface area contributed by atoms with Crippen molar-refractivity contribution in [2.24, 2.45) is 0 Å². The summed E-state index contributed by atoms with van der Waals surface area (Å²) >= 11 is 6.39. The van der Waals surface area contributed by atoms with Crippen molar-refractivity contribution in [3.8, 4) is 11.3 Å². The summed E-state index contributed by atoms with van der Waals surface area (Å²) in [6, 6.07) is 17.8. The Morgan fingerprint density at radius 3 is 2.35 bits per heavy atom. The molecule has 1 unspecified atom stereocenters. The molecule has 0 spiro atoms. The van der Waals surface area contributed by atoms with Crippen LogP contribution in [-0.2, 0) is 9.84 Å². The number of aliphatic hydroxyl groups is 1. The third-order valence-electron chi connectivity index (χ3n) is 5.99. The van der Waals surface area contributed by atoms with Crippen LogP contribution >= 0.6 is 11.6 Å². The normalized spacial score (nSPS) is 16.6. The predicted octanol–water partition coefficient (Wildman–Crippen LogP) is 4.56. The van der Waals surface area contributed by atoms with Gasteiger partial charge in [0.1, 0.15) is 5.52 Å². The Morgan fingerprint density at radius 1 is 0.971 bits per heavy atom. The number of rotatable bonds is 4. The van der Waals surface area contributed by atoms with Gasteiger partial charge < -0.3 is 10.0 Å². The first-order valence-corrected chi connectivity index (χ1v) is 12.8. The first-order valence-electron chi connectivity index (χ1n) is 10.5. The van der Waals surface area contributed by atoms with Crippen LogP contribution in [0.3, 0.4) is 0 Å². The fourth-order valence-corrected chi connectivity index (χ4v) is 5.47. The van der Waals surface area contributed by atoms with E-state index in [1.165, 1.54) is 11.0 Å². The second kappa shape index (κ2) is 8.16. The molecule has 1 aromatic heterocycles. The van der Waals surface area contributed by atoms with Gasteiger partial charge in [0.05, 0.1) is 32.9 Å². The Kier molecular flexibility index (Phi) is 5.39.